The van der Waals surface area contributed by atoms with Gasteiger partial charge in [-0.3, -0.25) is 9.88 Å². The lowest BCUT2D eigenvalue weighted by atomic mass is 10.2. The number of halogens is 3. The molecule has 1 aromatic rings. The van der Waals surface area contributed by atoms with Gasteiger partial charge < -0.3 is 4.74 Å². The third-order valence-corrected chi connectivity index (χ3v) is 1.99. The number of aromatic nitrogens is 2. The highest BCUT2D eigenvalue weighted by molar-refractivity contribution is 6.29. The number of ether oxygens (including phenoxy) is 1. The van der Waals surface area contributed by atoms with Crippen molar-refractivity contribution in [3.63, 3.8) is 0 Å². The summed E-state index contributed by atoms with van der Waals surface area (Å²) in [6.07, 6.45) is -1.25. The fourth-order valence-corrected chi connectivity index (χ4v) is 1.32. The van der Waals surface area contributed by atoms with Crippen molar-refractivity contribution in [1.82, 2.24) is 9.97 Å². The average molecular weight is 294 g/mol. The quantitative estimate of drug-likeness (QED) is 0.859. The lowest BCUT2D eigenvalue weighted by Crippen LogP contribution is -2.40. The van der Waals surface area contributed by atoms with Crippen LogP contribution in [0.1, 0.15) is 20.8 Å². The van der Waals surface area contributed by atoms with Crippen LogP contribution in [-0.2, 0) is 4.74 Å². The van der Waals surface area contributed by atoms with Gasteiger partial charge in [0.25, 0.3) is 6.43 Å². The fourth-order valence-electron chi connectivity index (χ4n) is 1.18. The van der Waals surface area contributed by atoms with Crippen LogP contribution >= 0.6 is 11.6 Å². The summed E-state index contributed by atoms with van der Waals surface area (Å²) in [5.74, 6) is -0.0814. The Balaban J connectivity index is 2.98. The third-order valence-electron chi connectivity index (χ3n) is 1.80. The molecule has 19 heavy (non-hydrogen) atoms. The summed E-state index contributed by atoms with van der Waals surface area (Å²) in [6.45, 7) is 4.06. The van der Waals surface area contributed by atoms with E-state index in [-0.39, 0.29) is 11.0 Å². The second kappa shape index (κ2) is 6.10. The van der Waals surface area contributed by atoms with Gasteiger partial charge in [0, 0.05) is 0 Å². The van der Waals surface area contributed by atoms with Crippen LogP contribution in [0, 0.1) is 0 Å². The number of hydrogen-bond acceptors (Lipinski definition) is 4. The number of nitrogens with zero attached hydrogens (tertiary/aromatic N) is 3. The van der Waals surface area contributed by atoms with Crippen LogP contribution in [0.4, 0.5) is 19.4 Å². The molecule has 0 aliphatic heterocycles. The lowest BCUT2D eigenvalue weighted by Gasteiger charge is -2.26. The molecule has 0 N–H and O–H groups in total. The zero-order valence-corrected chi connectivity index (χ0v) is 11.5. The lowest BCUT2D eigenvalue weighted by molar-refractivity contribution is 0.0542. The van der Waals surface area contributed by atoms with Crippen LogP contribution in [0.15, 0.2) is 12.4 Å². The summed E-state index contributed by atoms with van der Waals surface area (Å²) in [5.41, 5.74) is -0.802. The summed E-state index contributed by atoms with van der Waals surface area (Å²) in [5, 5.41) is 0.000301. The van der Waals surface area contributed by atoms with Gasteiger partial charge in [-0.25, -0.2) is 18.6 Å². The highest BCUT2D eigenvalue weighted by Crippen LogP contribution is 2.18. The average Bonchev–Trinajstić information content (AvgIpc) is 2.23. The first-order valence-electron chi connectivity index (χ1n) is 5.45. The minimum atomic E-state index is -2.73. The van der Waals surface area contributed by atoms with Gasteiger partial charge in [-0.05, 0) is 20.8 Å². The van der Waals surface area contributed by atoms with E-state index in [2.05, 4.69) is 9.97 Å². The van der Waals surface area contributed by atoms with E-state index in [0.29, 0.717) is 4.90 Å². The van der Waals surface area contributed by atoms with Gasteiger partial charge in [0.2, 0.25) is 0 Å². The summed E-state index contributed by atoms with van der Waals surface area (Å²) < 4.78 is 30.1. The maximum absolute atomic E-state index is 12.5. The van der Waals surface area contributed by atoms with Gasteiger partial charge in [0.05, 0.1) is 18.9 Å². The molecule has 0 radical (unpaired) electrons. The molecule has 1 rings (SSSR count). The SMILES string of the molecule is CC(C)(C)OC(=O)N(CC(F)F)c1cncc(Cl)n1. The molecule has 0 atom stereocenters. The van der Waals surface area contributed by atoms with E-state index >= 15 is 0 Å². The van der Waals surface area contributed by atoms with E-state index in [1.807, 2.05) is 0 Å². The van der Waals surface area contributed by atoms with Gasteiger partial charge in [-0.15, -0.1) is 0 Å². The smallest absolute Gasteiger partial charge is 0.416 e. The Morgan fingerprint density at radius 3 is 2.58 bits per heavy atom. The molecule has 0 unspecified atom stereocenters. The van der Waals surface area contributed by atoms with Crippen molar-refractivity contribution in [3.05, 3.63) is 17.5 Å². The molecule has 0 aliphatic rings. The standard InChI is InChI=1S/C11H14ClF2N3O2/c1-11(2,3)19-10(18)17(6-8(13)14)9-5-15-4-7(12)16-9/h4-5,8H,6H2,1-3H3. The van der Waals surface area contributed by atoms with Crippen molar-refractivity contribution in [2.75, 3.05) is 11.4 Å². The second-order valence-corrected chi connectivity index (χ2v) is 5.07. The molecule has 0 saturated heterocycles. The molecule has 5 nitrogen and oxygen atoms in total. The number of hydrogen-bond donors (Lipinski definition) is 0. The molecule has 1 heterocycles. The molecule has 1 aromatic heterocycles. The van der Waals surface area contributed by atoms with Crippen molar-refractivity contribution in [2.24, 2.45) is 0 Å². The maximum atomic E-state index is 12.5. The fraction of sp³-hybridized carbons (Fsp3) is 0.545. The zero-order chi connectivity index (χ0) is 14.6. The van der Waals surface area contributed by atoms with Crippen molar-refractivity contribution < 1.29 is 18.3 Å². The third kappa shape index (κ3) is 5.34. The van der Waals surface area contributed by atoms with Crippen molar-refractivity contribution in [3.8, 4) is 0 Å². The molecule has 8 heteroatoms. The maximum Gasteiger partial charge on any atom is 0.416 e. The Bertz CT molecular complexity index is 452. The van der Waals surface area contributed by atoms with Crippen LogP contribution in [0.25, 0.3) is 0 Å². The monoisotopic (exact) mass is 293 g/mol. The predicted octanol–water partition coefficient (Wildman–Crippen LogP) is 3.14. The number of alkyl halides is 2. The van der Waals surface area contributed by atoms with Gasteiger partial charge >= 0.3 is 6.09 Å². The minimum Gasteiger partial charge on any atom is -0.443 e. The highest BCUT2D eigenvalue weighted by Gasteiger charge is 2.27. The molecular weight excluding hydrogens is 280 g/mol. The van der Waals surface area contributed by atoms with E-state index in [4.69, 9.17) is 16.3 Å². The van der Waals surface area contributed by atoms with Gasteiger partial charge in [-0.2, -0.15) is 0 Å². The van der Waals surface area contributed by atoms with Crippen molar-refractivity contribution in [1.29, 1.82) is 0 Å². The molecule has 0 aliphatic carbocycles. The van der Waals surface area contributed by atoms with E-state index in [0.717, 1.165) is 6.20 Å². The molecule has 1 amide bonds. The normalized spacial score (nSPS) is 11.5. The Hall–Kier alpha value is -1.50. The molecular formula is C11H14ClF2N3O2. The first kappa shape index (κ1) is 15.6. The molecule has 0 bridgehead atoms. The van der Waals surface area contributed by atoms with E-state index in [1.54, 1.807) is 20.8 Å². The number of rotatable bonds is 3. The second-order valence-electron chi connectivity index (χ2n) is 4.68. The Morgan fingerprint density at radius 2 is 2.11 bits per heavy atom. The van der Waals surface area contributed by atoms with Gasteiger partial charge in [0.1, 0.15) is 10.8 Å². The van der Waals surface area contributed by atoms with E-state index in [9.17, 15) is 13.6 Å². The van der Waals surface area contributed by atoms with E-state index < -0.39 is 24.7 Å². The van der Waals surface area contributed by atoms with Gasteiger partial charge in [0.15, 0.2) is 5.82 Å². The molecule has 0 saturated carbocycles. The number of carbonyl (C=O) groups excluding carboxylic acids is 1. The highest BCUT2D eigenvalue weighted by atomic mass is 35.5. The Morgan fingerprint density at radius 1 is 1.47 bits per heavy atom. The van der Waals surface area contributed by atoms with Gasteiger partial charge in [-0.1, -0.05) is 11.6 Å². The topological polar surface area (TPSA) is 55.3 Å². The van der Waals surface area contributed by atoms with Crippen molar-refractivity contribution >= 4 is 23.5 Å². The molecule has 106 valence electrons. The Kier molecular flexibility index (Phi) is 4.99. The number of anilines is 1. The number of amides is 1. The summed E-state index contributed by atoms with van der Waals surface area (Å²) >= 11 is 5.62. The summed E-state index contributed by atoms with van der Waals surface area (Å²) in [4.78, 5) is 20.0. The van der Waals surface area contributed by atoms with Crippen molar-refractivity contribution in [2.45, 2.75) is 32.8 Å². The summed E-state index contributed by atoms with van der Waals surface area (Å²) in [7, 11) is 0. The zero-order valence-electron chi connectivity index (χ0n) is 10.7. The number of carbonyl (C=O) groups is 1. The van der Waals surface area contributed by atoms with Crippen LogP contribution in [0.3, 0.4) is 0 Å². The van der Waals surface area contributed by atoms with Crippen LogP contribution < -0.4 is 4.90 Å². The van der Waals surface area contributed by atoms with E-state index in [1.165, 1.54) is 6.20 Å². The Labute approximate surface area is 114 Å². The first-order chi connectivity index (χ1) is 8.69. The van der Waals surface area contributed by atoms with Crippen LogP contribution in [0.5, 0.6) is 0 Å². The summed E-state index contributed by atoms with van der Waals surface area (Å²) in [6, 6.07) is 0. The molecule has 0 fully saturated rings. The van der Waals surface area contributed by atoms with Crippen LogP contribution in [-0.4, -0.2) is 34.6 Å². The van der Waals surface area contributed by atoms with Crippen LogP contribution in [0.2, 0.25) is 5.15 Å². The predicted molar refractivity (Wildman–Crippen MR) is 66.6 cm³/mol. The minimum absolute atomic E-state index is 0.000301. The largest absolute Gasteiger partial charge is 0.443 e. The molecule has 0 spiro atoms. The molecule has 0 aromatic carbocycles. The first-order valence-corrected chi connectivity index (χ1v) is 5.83.